The molecule has 7 heteroatoms. The van der Waals surface area contributed by atoms with Gasteiger partial charge in [-0.1, -0.05) is 30.3 Å². The Labute approximate surface area is 148 Å². The predicted molar refractivity (Wildman–Crippen MR) is 91.4 cm³/mol. The van der Waals surface area contributed by atoms with Gasteiger partial charge in [-0.05, 0) is 36.8 Å². The number of carbonyl (C=O) groups is 1. The van der Waals surface area contributed by atoms with Gasteiger partial charge in [0, 0.05) is 11.9 Å². The van der Waals surface area contributed by atoms with Gasteiger partial charge in [0.25, 0.3) is 0 Å². The third kappa shape index (κ3) is 4.17. The van der Waals surface area contributed by atoms with E-state index in [-0.39, 0.29) is 12.6 Å². The van der Waals surface area contributed by atoms with Gasteiger partial charge in [-0.15, -0.1) is 0 Å². The van der Waals surface area contributed by atoms with E-state index in [0.29, 0.717) is 11.3 Å². The number of furan rings is 1. The molecule has 1 heterocycles. The summed E-state index contributed by atoms with van der Waals surface area (Å²) < 4.78 is 43.8. The Kier molecular flexibility index (Phi) is 4.88. The minimum Gasteiger partial charge on any atom is -0.459 e. The molecule has 1 atom stereocenters. The molecule has 0 saturated carbocycles. The number of halogens is 3. The third-order valence-electron chi connectivity index (χ3n) is 3.93. The first kappa shape index (κ1) is 17.8. The van der Waals surface area contributed by atoms with Crippen molar-refractivity contribution in [1.82, 2.24) is 10.6 Å². The number of fused-ring (bicyclic) bond motifs is 1. The van der Waals surface area contributed by atoms with Crippen LogP contribution in [0.3, 0.4) is 0 Å². The molecule has 2 amide bonds. The summed E-state index contributed by atoms with van der Waals surface area (Å²) in [6.45, 7) is 1.75. The van der Waals surface area contributed by atoms with E-state index in [0.717, 1.165) is 23.1 Å². The van der Waals surface area contributed by atoms with E-state index in [1.807, 2.05) is 30.3 Å². The number of rotatable bonds is 4. The van der Waals surface area contributed by atoms with Crippen molar-refractivity contribution in [2.45, 2.75) is 25.7 Å². The maximum Gasteiger partial charge on any atom is 0.416 e. The molecule has 0 fully saturated rings. The Morgan fingerprint density at radius 3 is 2.62 bits per heavy atom. The minimum absolute atomic E-state index is 0.0113. The highest BCUT2D eigenvalue weighted by Gasteiger charge is 2.30. The fourth-order valence-electron chi connectivity index (χ4n) is 2.57. The Morgan fingerprint density at radius 2 is 1.88 bits per heavy atom. The number of alkyl halides is 3. The average molecular weight is 362 g/mol. The molecule has 0 aliphatic rings. The van der Waals surface area contributed by atoms with Gasteiger partial charge < -0.3 is 15.1 Å². The standard InChI is InChI=1S/C19H17F3N2O2/c1-12(17-10-14-6-2-3-8-16(14)26-17)24-18(25)23-11-13-5-4-7-15(9-13)19(20,21)22/h2-10,12H,11H2,1H3,(H2,23,24,25)/t12-/m0/s1. The lowest BCUT2D eigenvalue weighted by Crippen LogP contribution is -2.36. The van der Waals surface area contributed by atoms with Gasteiger partial charge in [-0.3, -0.25) is 0 Å². The van der Waals surface area contributed by atoms with Crippen molar-refractivity contribution in [1.29, 1.82) is 0 Å². The van der Waals surface area contributed by atoms with Crippen LogP contribution in [0.1, 0.15) is 29.9 Å². The van der Waals surface area contributed by atoms with Crippen LogP contribution in [0.2, 0.25) is 0 Å². The molecule has 0 saturated heterocycles. The Balaban J connectivity index is 1.58. The molecule has 136 valence electrons. The van der Waals surface area contributed by atoms with Crippen LogP contribution in [0.15, 0.2) is 59.0 Å². The normalized spacial score (nSPS) is 12.8. The summed E-state index contributed by atoms with van der Waals surface area (Å²) in [7, 11) is 0. The van der Waals surface area contributed by atoms with E-state index in [1.165, 1.54) is 12.1 Å². The van der Waals surface area contributed by atoms with E-state index in [1.54, 1.807) is 6.92 Å². The Morgan fingerprint density at radius 1 is 1.12 bits per heavy atom. The molecular weight excluding hydrogens is 345 g/mol. The summed E-state index contributed by atoms with van der Waals surface area (Å²) in [6.07, 6.45) is -4.41. The van der Waals surface area contributed by atoms with Gasteiger partial charge in [0.1, 0.15) is 11.3 Å². The Bertz CT molecular complexity index is 885. The zero-order valence-corrected chi connectivity index (χ0v) is 13.9. The zero-order chi connectivity index (χ0) is 18.7. The first-order valence-corrected chi connectivity index (χ1v) is 8.02. The summed E-state index contributed by atoms with van der Waals surface area (Å²) in [5, 5.41) is 6.19. The summed E-state index contributed by atoms with van der Waals surface area (Å²) in [4.78, 5) is 12.0. The van der Waals surface area contributed by atoms with Gasteiger partial charge >= 0.3 is 12.2 Å². The van der Waals surface area contributed by atoms with Crippen molar-refractivity contribution < 1.29 is 22.4 Å². The molecule has 0 unspecified atom stereocenters. The van der Waals surface area contributed by atoms with Crippen LogP contribution in [0.4, 0.5) is 18.0 Å². The van der Waals surface area contributed by atoms with E-state index in [9.17, 15) is 18.0 Å². The second-order valence-corrected chi connectivity index (χ2v) is 5.93. The molecule has 0 aliphatic carbocycles. The minimum atomic E-state index is -4.41. The second kappa shape index (κ2) is 7.11. The summed E-state index contributed by atoms with van der Waals surface area (Å²) >= 11 is 0. The van der Waals surface area contributed by atoms with E-state index < -0.39 is 17.8 Å². The summed E-state index contributed by atoms with van der Waals surface area (Å²) in [5.41, 5.74) is 0.347. The number of hydrogen-bond donors (Lipinski definition) is 2. The van der Waals surface area contributed by atoms with Crippen LogP contribution < -0.4 is 10.6 Å². The maximum atomic E-state index is 12.7. The molecule has 0 radical (unpaired) electrons. The molecule has 3 rings (SSSR count). The number of amides is 2. The van der Waals surface area contributed by atoms with Gasteiger partial charge in [-0.2, -0.15) is 13.2 Å². The number of urea groups is 1. The molecule has 0 bridgehead atoms. The number of nitrogens with one attached hydrogen (secondary N) is 2. The Hall–Kier alpha value is -2.96. The molecule has 1 aromatic heterocycles. The lowest BCUT2D eigenvalue weighted by atomic mass is 10.1. The molecule has 0 aliphatic heterocycles. The van der Waals surface area contributed by atoms with Crippen LogP contribution >= 0.6 is 0 Å². The molecule has 0 spiro atoms. The van der Waals surface area contributed by atoms with Crippen molar-refractivity contribution in [3.05, 3.63) is 71.5 Å². The molecule has 2 N–H and O–H groups in total. The summed E-state index contributed by atoms with van der Waals surface area (Å²) in [5.74, 6) is 0.598. The fraction of sp³-hybridized carbons (Fsp3) is 0.211. The highest BCUT2D eigenvalue weighted by atomic mass is 19.4. The van der Waals surface area contributed by atoms with Crippen LogP contribution in [0.5, 0.6) is 0 Å². The first-order valence-electron chi connectivity index (χ1n) is 8.02. The summed E-state index contributed by atoms with van der Waals surface area (Å²) in [6, 6.07) is 13.3. The van der Waals surface area contributed by atoms with Gasteiger partial charge in [0.15, 0.2) is 0 Å². The predicted octanol–water partition coefficient (Wildman–Crippen LogP) is 5.01. The van der Waals surface area contributed by atoms with Gasteiger partial charge in [0.05, 0.1) is 11.6 Å². The third-order valence-corrected chi connectivity index (χ3v) is 3.93. The molecule has 2 aromatic carbocycles. The molecular formula is C19H17F3N2O2. The smallest absolute Gasteiger partial charge is 0.416 e. The van der Waals surface area contributed by atoms with E-state index >= 15 is 0 Å². The molecule has 4 nitrogen and oxygen atoms in total. The maximum absolute atomic E-state index is 12.7. The average Bonchev–Trinajstić information content (AvgIpc) is 3.04. The molecule has 3 aromatic rings. The SMILES string of the molecule is C[C@H](NC(=O)NCc1cccc(C(F)(F)F)c1)c1cc2ccccc2o1. The van der Waals surface area contributed by atoms with E-state index in [4.69, 9.17) is 4.42 Å². The van der Waals surface area contributed by atoms with Crippen molar-refractivity contribution >= 4 is 17.0 Å². The quantitative estimate of drug-likeness (QED) is 0.685. The van der Waals surface area contributed by atoms with Crippen molar-refractivity contribution in [2.75, 3.05) is 0 Å². The highest BCUT2D eigenvalue weighted by molar-refractivity contribution is 5.78. The monoisotopic (exact) mass is 362 g/mol. The lowest BCUT2D eigenvalue weighted by molar-refractivity contribution is -0.137. The largest absolute Gasteiger partial charge is 0.459 e. The second-order valence-electron chi connectivity index (χ2n) is 5.93. The number of hydrogen-bond acceptors (Lipinski definition) is 2. The van der Waals surface area contributed by atoms with Gasteiger partial charge in [-0.25, -0.2) is 4.79 Å². The lowest BCUT2D eigenvalue weighted by Gasteiger charge is -2.13. The first-order chi connectivity index (χ1) is 12.3. The van der Waals surface area contributed by atoms with Crippen molar-refractivity contribution in [3.8, 4) is 0 Å². The van der Waals surface area contributed by atoms with Crippen LogP contribution in [-0.2, 0) is 12.7 Å². The van der Waals surface area contributed by atoms with E-state index in [2.05, 4.69) is 10.6 Å². The fourth-order valence-corrected chi connectivity index (χ4v) is 2.57. The van der Waals surface area contributed by atoms with Crippen molar-refractivity contribution in [3.63, 3.8) is 0 Å². The van der Waals surface area contributed by atoms with Crippen LogP contribution in [-0.4, -0.2) is 6.03 Å². The van der Waals surface area contributed by atoms with Crippen LogP contribution in [0, 0.1) is 0 Å². The highest BCUT2D eigenvalue weighted by Crippen LogP contribution is 2.29. The topological polar surface area (TPSA) is 54.3 Å². The molecule has 26 heavy (non-hydrogen) atoms. The number of para-hydroxylation sites is 1. The number of benzene rings is 2. The number of carbonyl (C=O) groups excluding carboxylic acids is 1. The zero-order valence-electron chi connectivity index (χ0n) is 13.9. The van der Waals surface area contributed by atoms with Crippen LogP contribution in [0.25, 0.3) is 11.0 Å². The van der Waals surface area contributed by atoms with Gasteiger partial charge in [0.2, 0.25) is 0 Å². The van der Waals surface area contributed by atoms with Crippen molar-refractivity contribution in [2.24, 2.45) is 0 Å².